The first-order valence-electron chi connectivity index (χ1n) is 20.1. The van der Waals surface area contributed by atoms with Crippen LogP contribution < -0.4 is 0 Å². The van der Waals surface area contributed by atoms with Gasteiger partial charge in [-0.25, -0.2) is 29.9 Å². The zero-order valence-electron chi connectivity index (χ0n) is 34.8. The van der Waals surface area contributed by atoms with Crippen LogP contribution in [0.3, 0.4) is 0 Å². The third-order valence-corrected chi connectivity index (χ3v) is 11.4. The fourth-order valence-electron chi connectivity index (χ4n) is 8.41. The molecule has 7 aromatic carbocycles. The molecule has 0 unspecified atom stereocenters. The van der Waals surface area contributed by atoms with E-state index in [1.165, 1.54) is 27.8 Å². The Labute approximate surface area is 502 Å². The van der Waals surface area contributed by atoms with Gasteiger partial charge in [0.05, 0.1) is 21.9 Å². The Morgan fingerprint density at radius 2 is 0.672 bits per heavy atom. The van der Waals surface area contributed by atoms with E-state index in [1.54, 1.807) is 72.8 Å². The largest absolute Gasteiger partial charge is 0.507 e. The quantitative estimate of drug-likeness (QED) is 0.0972. The third kappa shape index (κ3) is 9.46. The predicted octanol–water partition coefficient (Wildman–Crippen LogP) is 11.0. The van der Waals surface area contributed by atoms with E-state index in [4.69, 9.17) is 29.9 Å². The predicted molar refractivity (Wildman–Crippen MR) is 245 cm³/mol. The van der Waals surface area contributed by atoms with Gasteiger partial charge in [0.15, 0.2) is 23.3 Å². The molecule has 334 valence electrons. The van der Waals surface area contributed by atoms with Crippen molar-refractivity contribution in [2.45, 2.75) is 6.92 Å². The van der Waals surface area contributed by atoms with Crippen molar-refractivity contribution in [3.05, 3.63) is 157 Å². The van der Waals surface area contributed by atoms with Gasteiger partial charge in [0.1, 0.15) is 45.6 Å². The number of aromatic nitrogens is 8. The van der Waals surface area contributed by atoms with Crippen LogP contribution in [0, 0.1) is 158 Å². The standard InChI is InChI=1S/C32H18N8O4.C19H16.4Ar/c41-17-9-1-5-13-21(17)29-33-25(13)37-30-22-14(6-2-10-18(22)42)27(34-30)39-32-24-16(8-4-12-20(24)44)28(36-32)40-31-23-15(26(35-31)38-29)7-3-11-19(23)43;1-15-18(16-9-4-2-5-10-16)13-8-14-19(15)17-11-6-3-7-12-17;;;;/h1-12,41-44H,(H2,33,34,35,36,37,38,39,40);2-14H,1H3;;;;. The van der Waals surface area contributed by atoms with E-state index in [2.05, 4.69) is 95.8 Å². The first-order chi connectivity index (χ1) is 30.8. The molecule has 0 atom stereocenters. The smallest absolute Gasteiger partial charge is 0.168 e. The second kappa shape index (κ2) is 21.4. The van der Waals surface area contributed by atoms with E-state index < -0.39 is 0 Å². The van der Waals surface area contributed by atoms with Crippen LogP contribution in [0.4, 0.5) is 0 Å². The summed E-state index contributed by atoms with van der Waals surface area (Å²) in [7, 11) is 0. The molecule has 12 nitrogen and oxygen atoms in total. The molecule has 5 heterocycles. The molecule has 0 saturated heterocycles. The Kier molecular flexibility index (Phi) is 16.3. The minimum atomic E-state index is -0.0360. The first kappa shape index (κ1) is 51.0. The van der Waals surface area contributed by atoms with Crippen molar-refractivity contribution in [3.8, 4) is 90.8 Å². The van der Waals surface area contributed by atoms with Crippen LogP contribution in [-0.4, -0.2) is 60.3 Å². The SMILES string of the molecule is Cc1c(-c2ccccc2)cccc1-c1ccccc1.Oc1cccc2c1-c1nc-2nc2[nH]c(nc3nc(nc4[nH]c(n1)c1cccc(O)c41)-c1cccc(O)c1-3)c1cccc(O)c21.[Ar].[Ar].[Ar].[Ar]. The molecule has 6 N–H and O–H groups in total. The van der Waals surface area contributed by atoms with Crippen LogP contribution in [0.1, 0.15) is 5.56 Å². The number of hydrogen-bond acceptors (Lipinski definition) is 10. The average molecular weight is 983 g/mol. The van der Waals surface area contributed by atoms with Crippen LogP contribution in [0.5, 0.6) is 23.0 Å². The molecular formula is C51H34Ar4N8O4. The van der Waals surface area contributed by atoms with Crippen LogP contribution in [0.2, 0.25) is 0 Å². The van der Waals surface area contributed by atoms with Gasteiger partial charge in [-0.05, 0) is 59.0 Å². The summed E-state index contributed by atoms with van der Waals surface area (Å²) in [6, 6.07) is 47.7. The molecule has 0 amide bonds. The van der Waals surface area contributed by atoms with E-state index >= 15 is 0 Å². The Morgan fingerprint density at radius 3 is 1.09 bits per heavy atom. The molecule has 0 saturated carbocycles. The van der Waals surface area contributed by atoms with E-state index in [1.807, 2.05) is 0 Å². The van der Waals surface area contributed by atoms with Crippen molar-refractivity contribution in [1.82, 2.24) is 39.9 Å². The minimum absolute atomic E-state index is 0. The van der Waals surface area contributed by atoms with E-state index in [0.29, 0.717) is 55.1 Å². The molecule has 8 bridgehead atoms. The van der Waals surface area contributed by atoms with Crippen molar-refractivity contribution in [2.24, 2.45) is 0 Å². The Balaban J connectivity index is 0.000000246. The van der Waals surface area contributed by atoms with Crippen molar-refractivity contribution in [1.29, 1.82) is 0 Å². The van der Waals surface area contributed by atoms with E-state index in [9.17, 15) is 20.4 Å². The molecule has 0 fully saturated rings. The molecule has 0 radical (unpaired) electrons. The van der Waals surface area contributed by atoms with Crippen LogP contribution >= 0.6 is 0 Å². The molecular weight excluding hydrogens is 948 g/mol. The molecule has 12 rings (SSSR count). The zero-order valence-corrected chi connectivity index (χ0v) is 37.6. The van der Waals surface area contributed by atoms with Gasteiger partial charge in [0.25, 0.3) is 0 Å². The van der Waals surface area contributed by atoms with Gasteiger partial charge in [-0.3, -0.25) is 0 Å². The van der Waals surface area contributed by atoms with E-state index in [0.717, 1.165) is 0 Å². The topological polar surface area (TPSA) is 190 Å². The Morgan fingerprint density at radius 1 is 0.328 bits per heavy atom. The Bertz CT molecular complexity index is 3430. The summed E-state index contributed by atoms with van der Waals surface area (Å²) in [5, 5.41) is 45.5. The summed E-state index contributed by atoms with van der Waals surface area (Å²) in [6.45, 7) is 2.20. The molecule has 2 aliphatic heterocycles. The van der Waals surface area contributed by atoms with Crippen LogP contribution in [0.15, 0.2) is 152 Å². The fraction of sp³-hybridized carbons (Fsp3) is 0.0196. The van der Waals surface area contributed by atoms with Crippen molar-refractivity contribution >= 4 is 44.1 Å². The Hall–Kier alpha value is -3.86. The zero-order chi connectivity index (χ0) is 42.8. The molecule has 2 aliphatic rings. The summed E-state index contributed by atoms with van der Waals surface area (Å²) in [5.74, 6) is 0.762. The van der Waals surface area contributed by atoms with Gasteiger partial charge < -0.3 is 30.4 Å². The van der Waals surface area contributed by atoms with Gasteiger partial charge in [-0.1, -0.05) is 127 Å². The number of rotatable bonds is 2. The number of hydrogen-bond donors (Lipinski definition) is 6. The summed E-state index contributed by atoms with van der Waals surface area (Å²) in [5.41, 5.74) is 9.56. The molecule has 67 heavy (non-hydrogen) atoms. The molecule has 0 spiro atoms. The minimum Gasteiger partial charge on any atom is -0.507 e. The van der Waals surface area contributed by atoms with Crippen molar-refractivity contribution in [2.75, 3.05) is 0 Å². The normalized spacial score (nSPS) is 10.8. The second-order valence-electron chi connectivity index (χ2n) is 15.1. The van der Waals surface area contributed by atoms with Crippen molar-refractivity contribution < 1.29 is 171 Å². The summed E-state index contributed by atoms with van der Waals surface area (Å²) >= 11 is 0. The number of H-pyrrole nitrogens is 2. The maximum Gasteiger partial charge on any atom is 0.168 e. The van der Waals surface area contributed by atoms with Gasteiger partial charge in [0.2, 0.25) is 0 Å². The first-order valence-corrected chi connectivity index (χ1v) is 20.1. The number of phenols is 4. The fourth-order valence-corrected chi connectivity index (χ4v) is 8.41. The van der Waals surface area contributed by atoms with Crippen LogP contribution in [0.25, 0.3) is 112 Å². The van der Waals surface area contributed by atoms with Gasteiger partial charge in [0, 0.05) is 173 Å². The van der Waals surface area contributed by atoms with Gasteiger partial charge in [-0.2, -0.15) is 0 Å². The summed E-state index contributed by atoms with van der Waals surface area (Å²) < 4.78 is 0. The molecule has 0 aliphatic carbocycles. The molecule has 10 aromatic rings. The maximum atomic E-state index is 10.9. The van der Waals surface area contributed by atoms with Gasteiger partial charge >= 0.3 is 0 Å². The number of fused-ring (bicyclic) bond motifs is 20. The number of benzene rings is 7. The number of nitrogens with zero attached hydrogens (tertiary/aromatic N) is 6. The average Bonchev–Trinajstić information content (AvgIpc) is 4.04. The maximum absolute atomic E-state index is 10.9. The summed E-state index contributed by atoms with van der Waals surface area (Å²) in [4.78, 5) is 34.9. The monoisotopic (exact) mass is 982 g/mol. The van der Waals surface area contributed by atoms with E-state index in [-0.39, 0.29) is 209 Å². The molecule has 3 aromatic heterocycles. The molecule has 16 heteroatoms. The second-order valence-corrected chi connectivity index (χ2v) is 15.1. The van der Waals surface area contributed by atoms with Gasteiger partial charge in [-0.15, -0.1) is 0 Å². The summed E-state index contributed by atoms with van der Waals surface area (Å²) in [6.07, 6.45) is 0. The number of aromatic hydroxyl groups is 4. The number of phenolic OH excluding ortho intramolecular Hbond substituents is 4. The van der Waals surface area contributed by atoms with Crippen molar-refractivity contribution in [3.63, 3.8) is 0 Å². The number of aromatic amines is 2. The number of nitrogens with one attached hydrogen (secondary N) is 2. The third-order valence-electron chi connectivity index (χ3n) is 11.4. The van der Waals surface area contributed by atoms with Crippen LogP contribution in [-0.2, 0) is 0 Å².